The number of carbonyl (C=O) groups is 3. The van der Waals surface area contributed by atoms with Crippen LogP contribution in [0.3, 0.4) is 0 Å². The number of aliphatic carboxylic acids is 2. The second-order valence-electron chi connectivity index (χ2n) is 9.78. The highest BCUT2D eigenvalue weighted by atomic mass is 32.2. The topological polar surface area (TPSA) is 169 Å². The van der Waals surface area contributed by atoms with E-state index in [0.29, 0.717) is 23.4 Å². The molecular weight excluding hydrogens is 559 g/mol. The Morgan fingerprint density at radius 3 is 2.20 bits per heavy atom. The van der Waals surface area contributed by atoms with Gasteiger partial charge in [0.25, 0.3) is 0 Å². The van der Waals surface area contributed by atoms with E-state index in [1.54, 1.807) is 52.8 Å². The fourth-order valence-electron chi connectivity index (χ4n) is 3.17. The molecule has 14 heteroatoms. The van der Waals surface area contributed by atoms with Gasteiger partial charge in [-0.05, 0) is 58.4 Å². The maximum absolute atomic E-state index is 14.9. The summed E-state index contributed by atoms with van der Waals surface area (Å²) in [6, 6.07) is 9.00. The van der Waals surface area contributed by atoms with Crippen molar-refractivity contribution in [3.05, 3.63) is 77.5 Å². The minimum Gasteiger partial charge on any atom is -0.478 e. The summed E-state index contributed by atoms with van der Waals surface area (Å²) in [5, 5.41) is 19.7. The number of rotatable bonds is 7. The first-order valence-electron chi connectivity index (χ1n) is 12.0. The van der Waals surface area contributed by atoms with Gasteiger partial charge in [0, 0.05) is 37.2 Å². The molecule has 0 saturated carbocycles. The third kappa shape index (κ3) is 9.24. The van der Waals surface area contributed by atoms with Crippen molar-refractivity contribution in [2.45, 2.75) is 56.7 Å². The summed E-state index contributed by atoms with van der Waals surface area (Å²) in [5.41, 5.74) is 0.549. The van der Waals surface area contributed by atoms with Crippen molar-refractivity contribution in [2.75, 3.05) is 7.05 Å². The average molecular weight is 591 g/mol. The van der Waals surface area contributed by atoms with Crippen LogP contribution in [-0.2, 0) is 30.7 Å². The van der Waals surface area contributed by atoms with Gasteiger partial charge in [-0.3, -0.25) is 4.98 Å². The maximum atomic E-state index is 14.9. The molecule has 2 N–H and O–H groups in total. The zero-order chi connectivity index (χ0) is 31.1. The number of benzene rings is 1. The quantitative estimate of drug-likeness (QED) is 0.385. The Balaban J connectivity index is 0.000000642. The molecule has 0 saturated heterocycles. The van der Waals surface area contributed by atoms with E-state index in [2.05, 4.69) is 10.1 Å². The Morgan fingerprint density at radius 1 is 1.07 bits per heavy atom. The van der Waals surface area contributed by atoms with Gasteiger partial charge >= 0.3 is 18.0 Å². The van der Waals surface area contributed by atoms with Crippen LogP contribution in [0.25, 0.3) is 5.69 Å². The number of ether oxygens (including phenoxy) is 1. The van der Waals surface area contributed by atoms with Crippen molar-refractivity contribution in [2.24, 2.45) is 0 Å². The second-order valence-corrected chi connectivity index (χ2v) is 11.7. The Morgan fingerprint density at radius 2 is 1.68 bits per heavy atom. The van der Waals surface area contributed by atoms with E-state index in [-0.39, 0.29) is 27.8 Å². The third-order valence-corrected chi connectivity index (χ3v) is 6.77. The number of sulfone groups is 1. The smallest absolute Gasteiger partial charge is 0.410 e. The van der Waals surface area contributed by atoms with Crippen LogP contribution in [0.1, 0.15) is 37.7 Å². The number of carbonyl (C=O) groups excluding carboxylic acids is 1. The number of amides is 1. The first-order chi connectivity index (χ1) is 18.9. The van der Waals surface area contributed by atoms with Crippen molar-refractivity contribution in [3.63, 3.8) is 0 Å². The molecule has 0 aliphatic rings. The lowest BCUT2D eigenvalue weighted by Crippen LogP contribution is -2.33. The van der Waals surface area contributed by atoms with Crippen LogP contribution in [-0.4, -0.2) is 69.0 Å². The molecule has 12 nitrogen and oxygen atoms in total. The number of pyridine rings is 1. The number of hydrogen-bond donors (Lipinski definition) is 2. The van der Waals surface area contributed by atoms with Gasteiger partial charge in [0.15, 0.2) is 10.8 Å². The molecule has 0 radical (unpaired) electrons. The summed E-state index contributed by atoms with van der Waals surface area (Å²) in [5.74, 6) is -3.11. The van der Waals surface area contributed by atoms with Crippen molar-refractivity contribution in [1.29, 1.82) is 0 Å². The lowest BCUT2D eigenvalue weighted by molar-refractivity contribution is -0.134. The molecular formula is C27H31FN4O8S. The van der Waals surface area contributed by atoms with Crippen LogP contribution < -0.4 is 0 Å². The summed E-state index contributed by atoms with van der Waals surface area (Å²) in [7, 11) is -2.58. The molecule has 0 aliphatic carbocycles. The van der Waals surface area contributed by atoms with E-state index >= 15 is 0 Å². The lowest BCUT2D eigenvalue weighted by Gasteiger charge is -2.24. The number of carboxylic acid groups (broad SMARTS) is 2. The molecule has 2 aromatic heterocycles. The van der Waals surface area contributed by atoms with Crippen LogP contribution in [0, 0.1) is 19.7 Å². The van der Waals surface area contributed by atoms with Crippen LogP contribution in [0.15, 0.2) is 64.7 Å². The lowest BCUT2D eigenvalue weighted by atomic mass is 10.2. The molecule has 0 aliphatic heterocycles. The SMILES string of the molecule is Cc1ccc(S(=O)(=O)c2cc(CN(C)C(=O)OC(C)(C)C)nn2-c2cccc(C)c2F)cn1.O=C(O)C=CC(=O)O. The van der Waals surface area contributed by atoms with Crippen LogP contribution in [0.2, 0.25) is 0 Å². The van der Waals surface area contributed by atoms with Crippen LogP contribution in [0.4, 0.5) is 9.18 Å². The summed E-state index contributed by atoms with van der Waals surface area (Å²) in [6.07, 6.45) is 1.78. The minimum atomic E-state index is -4.09. The molecule has 0 atom stereocenters. The highest BCUT2D eigenvalue weighted by Crippen LogP contribution is 2.27. The number of hydrogen-bond acceptors (Lipinski definition) is 8. The maximum Gasteiger partial charge on any atom is 0.410 e. The normalized spacial score (nSPS) is 11.5. The van der Waals surface area contributed by atoms with E-state index < -0.39 is 39.3 Å². The molecule has 220 valence electrons. The van der Waals surface area contributed by atoms with E-state index in [0.717, 1.165) is 4.68 Å². The van der Waals surface area contributed by atoms with Gasteiger partial charge in [-0.15, -0.1) is 0 Å². The molecule has 0 spiro atoms. The van der Waals surface area contributed by atoms with Gasteiger partial charge in [0.1, 0.15) is 11.3 Å². The summed E-state index contributed by atoms with van der Waals surface area (Å²) in [6.45, 7) is 8.52. The largest absolute Gasteiger partial charge is 0.478 e. The zero-order valence-corrected chi connectivity index (χ0v) is 24.1. The minimum absolute atomic E-state index is 0.0141. The van der Waals surface area contributed by atoms with E-state index in [1.165, 1.54) is 36.3 Å². The summed E-state index contributed by atoms with van der Waals surface area (Å²) >= 11 is 0. The van der Waals surface area contributed by atoms with Crippen molar-refractivity contribution in [3.8, 4) is 5.69 Å². The first kappa shape index (κ1) is 32.6. The number of aromatic nitrogens is 3. The Bertz CT molecular complexity index is 1540. The zero-order valence-electron chi connectivity index (χ0n) is 23.3. The van der Waals surface area contributed by atoms with Gasteiger partial charge in [-0.1, -0.05) is 12.1 Å². The second kappa shape index (κ2) is 13.2. The number of halogens is 1. The van der Waals surface area contributed by atoms with E-state index in [1.807, 2.05) is 0 Å². The molecule has 0 unspecified atom stereocenters. The Hall–Kier alpha value is -4.59. The standard InChI is InChI=1S/C23H27FN4O4S.C4H4O4/c1-15-8-7-9-19(21(15)24)28-20(33(30,31)18-11-10-16(2)25-13-18)12-17(26-28)14-27(6)22(29)32-23(3,4)5;5-3(6)1-2-4(7)8/h7-13H,14H2,1-6H3;1-2H,(H,5,6)(H,7,8). The van der Waals surface area contributed by atoms with Crippen LogP contribution in [0.5, 0.6) is 0 Å². The first-order valence-corrected chi connectivity index (χ1v) is 13.5. The fraction of sp³-hybridized carbons (Fsp3) is 0.296. The average Bonchev–Trinajstić information content (AvgIpc) is 3.28. The fourth-order valence-corrected chi connectivity index (χ4v) is 4.51. The van der Waals surface area contributed by atoms with E-state index in [4.69, 9.17) is 14.9 Å². The highest BCUT2D eigenvalue weighted by molar-refractivity contribution is 7.91. The number of aryl methyl sites for hydroxylation is 2. The molecule has 0 fully saturated rings. The predicted molar refractivity (Wildman–Crippen MR) is 145 cm³/mol. The van der Waals surface area contributed by atoms with Gasteiger partial charge < -0.3 is 19.8 Å². The van der Waals surface area contributed by atoms with Crippen molar-refractivity contribution < 1.29 is 42.1 Å². The molecule has 3 aromatic rings. The third-order valence-electron chi connectivity index (χ3n) is 5.07. The molecule has 1 amide bonds. The Labute approximate surface area is 236 Å². The molecule has 1 aromatic carbocycles. The van der Waals surface area contributed by atoms with Gasteiger partial charge in [0.2, 0.25) is 9.84 Å². The van der Waals surface area contributed by atoms with Gasteiger partial charge in [-0.2, -0.15) is 5.10 Å². The van der Waals surface area contributed by atoms with Crippen molar-refractivity contribution >= 4 is 27.9 Å². The number of nitrogens with zero attached hydrogens (tertiary/aromatic N) is 4. The molecule has 3 rings (SSSR count). The van der Waals surface area contributed by atoms with Crippen LogP contribution >= 0.6 is 0 Å². The van der Waals surface area contributed by atoms with Crippen molar-refractivity contribution in [1.82, 2.24) is 19.7 Å². The predicted octanol–water partition coefficient (Wildman–Crippen LogP) is 3.93. The number of carboxylic acids is 2. The summed E-state index contributed by atoms with van der Waals surface area (Å²) < 4.78 is 48.2. The van der Waals surface area contributed by atoms with Gasteiger partial charge in [-0.25, -0.2) is 31.9 Å². The highest BCUT2D eigenvalue weighted by Gasteiger charge is 2.28. The van der Waals surface area contributed by atoms with E-state index in [9.17, 15) is 27.2 Å². The monoisotopic (exact) mass is 590 g/mol. The molecule has 2 heterocycles. The molecule has 41 heavy (non-hydrogen) atoms. The summed E-state index contributed by atoms with van der Waals surface area (Å²) in [4.78, 5) is 36.8. The van der Waals surface area contributed by atoms with Gasteiger partial charge in [0.05, 0.1) is 17.1 Å². The molecule has 0 bridgehead atoms. The Kier molecular flexibility index (Phi) is 10.5.